The molecule has 0 unspecified atom stereocenters. The number of carbonyl (C=O) groups is 1. The molecule has 7 nitrogen and oxygen atoms in total. The zero-order valence-corrected chi connectivity index (χ0v) is 16.8. The van der Waals surface area contributed by atoms with Gasteiger partial charge in [-0.3, -0.25) is 4.79 Å². The quantitative estimate of drug-likeness (QED) is 0.483. The van der Waals surface area contributed by atoms with Crippen LogP contribution in [-0.2, 0) is 0 Å². The lowest BCUT2D eigenvalue weighted by Crippen LogP contribution is -2.12. The van der Waals surface area contributed by atoms with Crippen molar-refractivity contribution in [3.63, 3.8) is 0 Å². The second-order valence-corrected chi connectivity index (χ2v) is 6.54. The lowest BCUT2D eigenvalue weighted by molar-refractivity contribution is 0.102. The molecule has 0 saturated heterocycles. The van der Waals surface area contributed by atoms with Crippen molar-refractivity contribution in [3.8, 4) is 34.3 Å². The number of ether oxygens (including phenoxy) is 2. The number of benzene rings is 3. The van der Waals surface area contributed by atoms with Gasteiger partial charge in [-0.1, -0.05) is 23.4 Å². The molecule has 1 N–H and O–H groups in total. The average Bonchev–Trinajstić information content (AvgIpc) is 3.29. The molecule has 0 aliphatic heterocycles. The highest BCUT2D eigenvalue weighted by molar-refractivity contribution is 6.05. The fourth-order valence-corrected chi connectivity index (χ4v) is 3.00. The minimum absolute atomic E-state index is 0.222. The second kappa shape index (κ2) is 8.66. The first-order valence-corrected chi connectivity index (χ1v) is 9.31. The third kappa shape index (κ3) is 4.37. The molecule has 0 fully saturated rings. The van der Waals surface area contributed by atoms with Crippen LogP contribution in [0.4, 0.5) is 10.1 Å². The van der Waals surface area contributed by atoms with Gasteiger partial charge in [-0.15, -0.1) is 0 Å². The van der Waals surface area contributed by atoms with E-state index in [9.17, 15) is 9.18 Å². The van der Waals surface area contributed by atoms with Crippen LogP contribution in [0.5, 0.6) is 11.5 Å². The predicted octanol–water partition coefficient (Wildman–Crippen LogP) is 4.81. The van der Waals surface area contributed by atoms with E-state index in [4.69, 9.17) is 14.0 Å². The van der Waals surface area contributed by atoms with Gasteiger partial charge in [0.25, 0.3) is 11.8 Å². The molecule has 4 rings (SSSR count). The molecule has 0 spiro atoms. The van der Waals surface area contributed by atoms with E-state index >= 15 is 0 Å². The number of nitrogens with one attached hydrogen (secondary N) is 1. The summed E-state index contributed by atoms with van der Waals surface area (Å²) in [5.74, 6) is 0.837. The molecular weight excluding hydrogens is 401 g/mol. The van der Waals surface area contributed by atoms with Gasteiger partial charge in [0, 0.05) is 28.4 Å². The maximum absolute atomic E-state index is 13.4. The molecule has 1 aromatic heterocycles. The summed E-state index contributed by atoms with van der Waals surface area (Å²) >= 11 is 0. The Morgan fingerprint density at radius 1 is 0.935 bits per heavy atom. The molecule has 0 atom stereocenters. The maximum Gasteiger partial charge on any atom is 0.258 e. The standard InChI is InChI=1S/C23H18FN3O4/c1-29-19-10-9-18(13-20(19)30-2)25-22(28)15-6-3-7-16(11-15)23-26-21(27-31-23)14-5-4-8-17(24)12-14/h3-13H,1-2H3,(H,25,28). The van der Waals surface area contributed by atoms with Crippen LogP contribution in [0, 0.1) is 5.82 Å². The highest BCUT2D eigenvalue weighted by Crippen LogP contribution is 2.30. The topological polar surface area (TPSA) is 86.5 Å². The van der Waals surface area contributed by atoms with Crippen molar-refractivity contribution in [3.05, 3.63) is 78.1 Å². The molecule has 4 aromatic rings. The number of carbonyl (C=O) groups excluding carboxylic acids is 1. The molecule has 8 heteroatoms. The Morgan fingerprint density at radius 2 is 1.71 bits per heavy atom. The van der Waals surface area contributed by atoms with E-state index < -0.39 is 5.82 Å². The molecule has 0 aliphatic rings. The summed E-state index contributed by atoms with van der Waals surface area (Å²) in [5, 5.41) is 6.72. The Hall–Kier alpha value is -4.20. The van der Waals surface area contributed by atoms with Gasteiger partial charge in [-0.05, 0) is 42.5 Å². The number of hydrogen-bond acceptors (Lipinski definition) is 6. The first kappa shape index (κ1) is 20.1. The molecule has 0 radical (unpaired) electrons. The Bertz CT molecular complexity index is 1240. The van der Waals surface area contributed by atoms with Gasteiger partial charge in [0.15, 0.2) is 11.5 Å². The maximum atomic E-state index is 13.4. The first-order chi connectivity index (χ1) is 15.1. The SMILES string of the molecule is COc1ccc(NC(=O)c2cccc(-c3nc(-c4cccc(F)c4)no3)c2)cc1OC. The molecule has 156 valence electrons. The molecule has 1 heterocycles. The van der Waals surface area contributed by atoms with Crippen molar-refractivity contribution in [2.45, 2.75) is 0 Å². The van der Waals surface area contributed by atoms with Gasteiger partial charge in [0.2, 0.25) is 5.82 Å². The third-order valence-corrected chi connectivity index (χ3v) is 4.52. The van der Waals surface area contributed by atoms with Crippen molar-refractivity contribution in [1.82, 2.24) is 10.1 Å². The summed E-state index contributed by atoms with van der Waals surface area (Å²) in [5.41, 5.74) is 2.02. The summed E-state index contributed by atoms with van der Waals surface area (Å²) in [6.07, 6.45) is 0. The predicted molar refractivity (Wildman–Crippen MR) is 113 cm³/mol. The van der Waals surface area contributed by atoms with Crippen molar-refractivity contribution in [1.29, 1.82) is 0 Å². The smallest absolute Gasteiger partial charge is 0.258 e. The molecule has 3 aromatic carbocycles. The van der Waals surface area contributed by atoms with Gasteiger partial charge in [-0.25, -0.2) is 4.39 Å². The number of halogens is 1. The summed E-state index contributed by atoms with van der Waals surface area (Å²) in [7, 11) is 3.06. The Morgan fingerprint density at radius 3 is 2.48 bits per heavy atom. The first-order valence-electron chi connectivity index (χ1n) is 9.31. The van der Waals surface area contributed by atoms with E-state index in [-0.39, 0.29) is 17.6 Å². The summed E-state index contributed by atoms with van der Waals surface area (Å²) in [6, 6.07) is 17.8. The molecule has 0 aliphatic carbocycles. The van der Waals surface area contributed by atoms with Crippen LogP contribution < -0.4 is 14.8 Å². The van der Waals surface area contributed by atoms with Gasteiger partial charge in [-0.2, -0.15) is 4.98 Å². The van der Waals surface area contributed by atoms with Crippen LogP contribution in [0.25, 0.3) is 22.8 Å². The van der Waals surface area contributed by atoms with Crippen molar-refractivity contribution in [2.75, 3.05) is 19.5 Å². The minimum Gasteiger partial charge on any atom is -0.493 e. The van der Waals surface area contributed by atoms with Gasteiger partial charge < -0.3 is 19.3 Å². The zero-order valence-electron chi connectivity index (χ0n) is 16.8. The van der Waals surface area contributed by atoms with Crippen LogP contribution in [-0.4, -0.2) is 30.3 Å². The molecule has 0 bridgehead atoms. The average molecular weight is 419 g/mol. The van der Waals surface area contributed by atoms with Gasteiger partial charge >= 0.3 is 0 Å². The number of amides is 1. The van der Waals surface area contributed by atoms with Gasteiger partial charge in [0.1, 0.15) is 5.82 Å². The highest BCUT2D eigenvalue weighted by atomic mass is 19.1. The molecular formula is C23H18FN3O4. The normalized spacial score (nSPS) is 10.5. The number of hydrogen-bond donors (Lipinski definition) is 1. The molecule has 0 saturated carbocycles. The lowest BCUT2D eigenvalue weighted by Gasteiger charge is -2.10. The van der Waals surface area contributed by atoms with E-state index in [1.165, 1.54) is 19.2 Å². The summed E-state index contributed by atoms with van der Waals surface area (Å²) in [6.45, 7) is 0. The minimum atomic E-state index is -0.391. The van der Waals surface area contributed by atoms with Crippen LogP contribution in [0.3, 0.4) is 0 Å². The molecule has 1 amide bonds. The van der Waals surface area contributed by atoms with Gasteiger partial charge in [0.05, 0.1) is 14.2 Å². The zero-order chi connectivity index (χ0) is 21.8. The van der Waals surface area contributed by atoms with E-state index in [2.05, 4.69) is 15.5 Å². The monoisotopic (exact) mass is 419 g/mol. The number of aromatic nitrogens is 2. The summed E-state index contributed by atoms with van der Waals surface area (Å²) < 4.78 is 29.2. The van der Waals surface area contributed by atoms with Crippen LogP contribution in [0.1, 0.15) is 10.4 Å². The lowest BCUT2D eigenvalue weighted by atomic mass is 10.1. The number of methoxy groups -OCH3 is 2. The fraction of sp³-hybridized carbons (Fsp3) is 0.0870. The fourth-order valence-electron chi connectivity index (χ4n) is 3.00. The Labute approximate surface area is 177 Å². The van der Waals surface area contributed by atoms with Crippen molar-refractivity contribution in [2.24, 2.45) is 0 Å². The number of nitrogens with zero attached hydrogens (tertiary/aromatic N) is 2. The van der Waals surface area contributed by atoms with Crippen LogP contribution in [0.15, 0.2) is 71.3 Å². The Kier molecular flexibility index (Phi) is 5.61. The van der Waals surface area contributed by atoms with E-state index in [0.29, 0.717) is 33.9 Å². The number of rotatable bonds is 6. The molecule has 31 heavy (non-hydrogen) atoms. The largest absolute Gasteiger partial charge is 0.493 e. The third-order valence-electron chi connectivity index (χ3n) is 4.52. The summed E-state index contributed by atoms with van der Waals surface area (Å²) in [4.78, 5) is 17.0. The second-order valence-electron chi connectivity index (χ2n) is 6.54. The van der Waals surface area contributed by atoms with Crippen molar-refractivity contribution >= 4 is 11.6 Å². The van der Waals surface area contributed by atoms with E-state index in [0.717, 1.165) is 0 Å². The van der Waals surface area contributed by atoms with Crippen LogP contribution in [0.2, 0.25) is 0 Å². The van der Waals surface area contributed by atoms with E-state index in [1.807, 2.05) is 0 Å². The van der Waals surface area contributed by atoms with Crippen LogP contribution >= 0.6 is 0 Å². The van der Waals surface area contributed by atoms with Crippen molar-refractivity contribution < 1.29 is 23.2 Å². The van der Waals surface area contributed by atoms with E-state index in [1.54, 1.807) is 61.7 Å². The highest BCUT2D eigenvalue weighted by Gasteiger charge is 2.14. The Balaban J connectivity index is 1.55. The number of anilines is 1.